The zero-order valence-electron chi connectivity index (χ0n) is 23.0. The summed E-state index contributed by atoms with van der Waals surface area (Å²) in [4.78, 5) is 33.0. The molecule has 0 bridgehead atoms. The van der Waals surface area contributed by atoms with Crippen LogP contribution >= 0.6 is 0 Å². The maximum Gasteiger partial charge on any atom is 0.373 e. The molecule has 0 spiro atoms. The third-order valence-corrected chi connectivity index (χ3v) is 6.13. The molecule has 12 heteroatoms. The summed E-state index contributed by atoms with van der Waals surface area (Å²) in [5, 5.41) is 24.7. The number of nitrogens with zero attached hydrogens (tertiary/aromatic N) is 4. The van der Waals surface area contributed by atoms with Crippen molar-refractivity contribution in [1.82, 2.24) is 9.97 Å². The van der Waals surface area contributed by atoms with Crippen molar-refractivity contribution in [3.63, 3.8) is 0 Å². The maximum absolute atomic E-state index is 13.1. The number of anilines is 2. The maximum atomic E-state index is 13.1. The van der Waals surface area contributed by atoms with Crippen LogP contribution in [0, 0.1) is 21.4 Å². The highest BCUT2D eigenvalue weighted by atomic mass is 16.6. The fraction of sp³-hybridized carbons (Fsp3) is 0.0625. The third kappa shape index (κ3) is 7.23. The molecule has 4 aromatic carbocycles. The molecule has 0 aliphatic heterocycles. The van der Waals surface area contributed by atoms with Crippen molar-refractivity contribution in [3.8, 4) is 29.5 Å². The van der Waals surface area contributed by atoms with Gasteiger partial charge in [0.1, 0.15) is 23.7 Å². The monoisotopic (exact) mass is 588 g/mol. The lowest BCUT2D eigenvalue weighted by Gasteiger charge is -2.14. The fourth-order valence-electron chi connectivity index (χ4n) is 4.03. The molecule has 1 heterocycles. The van der Waals surface area contributed by atoms with Crippen molar-refractivity contribution in [2.45, 2.75) is 13.2 Å². The van der Waals surface area contributed by atoms with E-state index >= 15 is 0 Å². The van der Waals surface area contributed by atoms with Gasteiger partial charge in [-0.3, -0.25) is 10.1 Å². The number of nitrogens with two attached hydrogens (primary N) is 1. The highest BCUT2D eigenvalue weighted by Crippen LogP contribution is 2.38. The van der Waals surface area contributed by atoms with Gasteiger partial charge in [-0.25, -0.2) is 4.79 Å². The number of hydrogen-bond acceptors (Lipinski definition) is 11. The number of nitriles is 1. The summed E-state index contributed by atoms with van der Waals surface area (Å²) in [6.45, 7) is 0.176. The van der Waals surface area contributed by atoms with E-state index in [2.05, 4.69) is 15.3 Å². The van der Waals surface area contributed by atoms with E-state index in [1.807, 2.05) is 54.6 Å². The molecule has 0 saturated heterocycles. The largest absolute Gasteiger partial charge is 0.457 e. The van der Waals surface area contributed by atoms with Crippen LogP contribution in [0.2, 0.25) is 0 Å². The number of benzene rings is 4. The number of ether oxygens (including phenoxy) is 3. The highest BCUT2D eigenvalue weighted by molar-refractivity contribution is 5.92. The molecule has 0 atom stereocenters. The van der Waals surface area contributed by atoms with Crippen molar-refractivity contribution in [2.75, 3.05) is 11.1 Å². The lowest BCUT2D eigenvalue weighted by atomic mass is 10.1. The summed E-state index contributed by atoms with van der Waals surface area (Å²) in [5.41, 5.74) is 7.44. The summed E-state index contributed by atoms with van der Waals surface area (Å²) in [7, 11) is 0. The minimum absolute atomic E-state index is 0.00110. The van der Waals surface area contributed by atoms with Crippen molar-refractivity contribution in [2.24, 2.45) is 0 Å². The fourth-order valence-corrected chi connectivity index (χ4v) is 4.03. The summed E-state index contributed by atoms with van der Waals surface area (Å²) in [6, 6.07) is 30.3. The van der Waals surface area contributed by atoms with Gasteiger partial charge in [0.25, 0.3) is 0 Å². The summed E-state index contributed by atoms with van der Waals surface area (Å²) >= 11 is 0. The summed E-state index contributed by atoms with van der Waals surface area (Å²) in [5.74, 6) is -1.28. The van der Waals surface area contributed by atoms with Crippen LogP contribution in [-0.2, 0) is 17.9 Å². The first-order valence-corrected chi connectivity index (χ1v) is 13.2. The third-order valence-electron chi connectivity index (χ3n) is 6.13. The summed E-state index contributed by atoms with van der Waals surface area (Å²) < 4.78 is 17.2. The molecule has 3 N–H and O–H groups in total. The quantitative estimate of drug-likeness (QED) is 0.0756. The molecular formula is C32H24N6O6. The Kier molecular flexibility index (Phi) is 8.88. The Labute approximate surface area is 251 Å². The molecule has 12 nitrogen and oxygen atoms in total. The SMILES string of the molecule is N#Cc1ccc(C(=O)OCc2ccccc2)c(Oc2nc(NCc3ccccc3)c([N+](=O)[O-])c(Oc3cccc(N)c3)n2)c1. The number of carbonyl (C=O) groups excluding carboxylic acids is 1. The molecule has 0 aliphatic carbocycles. The van der Waals surface area contributed by atoms with Crippen LogP contribution in [0.1, 0.15) is 27.0 Å². The molecule has 0 unspecified atom stereocenters. The van der Waals surface area contributed by atoms with Gasteiger partial charge >= 0.3 is 23.5 Å². The molecule has 0 saturated carbocycles. The molecule has 0 radical (unpaired) electrons. The molecule has 44 heavy (non-hydrogen) atoms. The molecule has 0 fully saturated rings. The number of carbonyl (C=O) groups is 1. The lowest BCUT2D eigenvalue weighted by Crippen LogP contribution is -2.10. The Morgan fingerprint density at radius 3 is 2.32 bits per heavy atom. The van der Waals surface area contributed by atoms with Gasteiger partial charge < -0.3 is 25.3 Å². The van der Waals surface area contributed by atoms with Crippen LogP contribution in [0.15, 0.2) is 103 Å². The second-order valence-electron chi connectivity index (χ2n) is 9.27. The van der Waals surface area contributed by atoms with E-state index in [0.717, 1.165) is 11.1 Å². The first-order valence-electron chi connectivity index (χ1n) is 13.2. The van der Waals surface area contributed by atoms with Gasteiger partial charge in [-0.1, -0.05) is 66.7 Å². The zero-order chi connectivity index (χ0) is 30.9. The second-order valence-corrected chi connectivity index (χ2v) is 9.27. The molecule has 1 aromatic heterocycles. The van der Waals surface area contributed by atoms with Gasteiger partial charge in [0.15, 0.2) is 0 Å². The van der Waals surface area contributed by atoms with Gasteiger partial charge in [-0.2, -0.15) is 15.2 Å². The second kappa shape index (κ2) is 13.5. The molecule has 0 amide bonds. The van der Waals surface area contributed by atoms with Gasteiger partial charge in [-0.15, -0.1) is 0 Å². The van der Waals surface area contributed by atoms with E-state index in [4.69, 9.17) is 19.9 Å². The van der Waals surface area contributed by atoms with Crippen LogP contribution in [0.25, 0.3) is 0 Å². The van der Waals surface area contributed by atoms with Crippen molar-refractivity contribution < 1.29 is 23.9 Å². The predicted molar refractivity (Wildman–Crippen MR) is 160 cm³/mol. The number of rotatable bonds is 11. The number of nitrogen functional groups attached to an aromatic ring is 1. The van der Waals surface area contributed by atoms with E-state index in [9.17, 15) is 20.2 Å². The standard InChI is InChI=1S/C32H24N6O6/c33-18-23-14-15-26(31(39)42-20-22-10-5-2-6-11-22)27(16-23)44-32-36-29(35-19-21-8-3-1-4-9-21)28(38(40)41)30(37-32)43-25-13-7-12-24(34)17-25/h1-17H,19-20,34H2,(H,35,36,37). The highest BCUT2D eigenvalue weighted by Gasteiger charge is 2.29. The lowest BCUT2D eigenvalue weighted by molar-refractivity contribution is -0.385. The van der Waals surface area contributed by atoms with Crippen molar-refractivity contribution >= 4 is 23.2 Å². The topological polar surface area (TPSA) is 176 Å². The Hall–Kier alpha value is -6.48. The van der Waals surface area contributed by atoms with Crippen LogP contribution in [0.5, 0.6) is 23.4 Å². The predicted octanol–water partition coefficient (Wildman–Crippen LogP) is 6.39. The van der Waals surface area contributed by atoms with E-state index in [-0.39, 0.29) is 41.6 Å². The van der Waals surface area contributed by atoms with Crippen LogP contribution in [-0.4, -0.2) is 20.9 Å². The Balaban J connectivity index is 1.53. The van der Waals surface area contributed by atoms with E-state index in [1.54, 1.807) is 30.3 Å². The minimum Gasteiger partial charge on any atom is -0.457 e. The Morgan fingerprint density at radius 2 is 1.64 bits per heavy atom. The molecule has 0 aliphatic rings. The van der Waals surface area contributed by atoms with Crippen LogP contribution in [0.4, 0.5) is 17.2 Å². The molecule has 5 aromatic rings. The summed E-state index contributed by atoms with van der Waals surface area (Å²) in [6.07, 6.45) is 0. The number of esters is 1. The zero-order valence-corrected chi connectivity index (χ0v) is 23.0. The Bertz CT molecular complexity index is 1840. The van der Waals surface area contributed by atoms with Gasteiger partial charge in [0.2, 0.25) is 5.82 Å². The smallest absolute Gasteiger partial charge is 0.373 e. The number of nitro groups is 1. The van der Waals surface area contributed by atoms with Crippen LogP contribution in [0.3, 0.4) is 0 Å². The molecular weight excluding hydrogens is 564 g/mol. The average Bonchev–Trinajstić information content (AvgIpc) is 3.03. The van der Waals surface area contributed by atoms with Gasteiger partial charge in [0.05, 0.1) is 16.6 Å². The first-order chi connectivity index (χ1) is 21.4. The minimum atomic E-state index is -0.728. The molecule has 218 valence electrons. The Morgan fingerprint density at radius 1 is 0.909 bits per heavy atom. The average molecular weight is 589 g/mol. The van der Waals surface area contributed by atoms with E-state index < -0.39 is 28.5 Å². The van der Waals surface area contributed by atoms with Gasteiger partial charge in [0, 0.05) is 18.3 Å². The van der Waals surface area contributed by atoms with Crippen molar-refractivity contribution in [3.05, 3.63) is 135 Å². The van der Waals surface area contributed by atoms with E-state index in [0.29, 0.717) is 5.69 Å². The number of nitrogens with one attached hydrogen (secondary N) is 1. The van der Waals surface area contributed by atoms with Crippen molar-refractivity contribution in [1.29, 1.82) is 5.26 Å². The van der Waals surface area contributed by atoms with Gasteiger partial charge in [-0.05, 0) is 41.5 Å². The number of hydrogen-bond donors (Lipinski definition) is 2. The normalized spacial score (nSPS) is 10.3. The molecule has 5 rings (SSSR count). The van der Waals surface area contributed by atoms with Crippen LogP contribution < -0.4 is 20.5 Å². The van der Waals surface area contributed by atoms with E-state index in [1.165, 1.54) is 24.3 Å². The first kappa shape index (κ1) is 29.0. The number of aromatic nitrogens is 2.